The molecule has 19 heavy (non-hydrogen) atoms. The predicted octanol–water partition coefficient (Wildman–Crippen LogP) is 1.16. The highest BCUT2D eigenvalue weighted by Crippen LogP contribution is 2.11. The number of hydrogen-bond donors (Lipinski definition) is 0. The zero-order valence-corrected chi connectivity index (χ0v) is 11.8. The quantitative estimate of drug-likeness (QED) is 0.822. The minimum atomic E-state index is 0.935. The van der Waals surface area contributed by atoms with Gasteiger partial charge in [0.15, 0.2) is 0 Å². The van der Waals surface area contributed by atoms with Crippen molar-refractivity contribution in [3.63, 3.8) is 0 Å². The van der Waals surface area contributed by atoms with Crippen molar-refractivity contribution in [2.75, 3.05) is 32.7 Å². The van der Waals surface area contributed by atoms with E-state index in [1.54, 1.807) is 24.0 Å². The minimum Gasteiger partial charge on any atom is -0.299 e. The first-order valence-electron chi connectivity index (χ1n) is 6.68. The van der Waals surface area contributed by atoms with Gasteiger partial charge in [-0.25, -0.2) is 4.98 Å². The monoisotopic (exact) mass is 277 g/mol. The Kier molecular flexibility index (Phi) is 4.22. The van der Waals surface area contributed by atoms with Gasteiger partial charge in [0.25, 0.3) is 0 Å². The van der Waals surface area contributed by atoms with Crippen LogP contribution < -0.4 is 0 Å². The lowest BCUT2D eigenvalue weighted by Gasteiger charge is -2.34. The number of piperazine rings is 1. The summed E-state index contributed by atoms with van der Waals surface area (Å²) in [6, 6.07) is 2.22. The molecule has 0 spiro atoms. The molecule has 0 radical (unpaired) electrons. The van der Waals surface area contributed by atoms with Gasteiger partial charge in [-0.05, 0) is 22.4 Å². The Balaban J connectivity index is 1.39. The molecule has 0 amide bonds. The van der Waals surface area contributed by atoms with Gasteiger partial charge in [0, 0.05) is 39.3 Å². The molecule has 2 aromatic rings. The van der Waals surface area contributed by atoms with Gasteiger partial charge in [-0.2, -0.15) is 16.4 Å². The van der Waals surface area contributed by atoms with Crippen LogP contribution in [0.3, 0.4) is 0 Å². The van der Waals surface area contributed by atoms with E-state index in [0.29, 0.717) is 0 Å². The topological polar surface area (TPSA) is 37.2 Å². The van der Waals surface area contributed by atoms with Crippen molar-refractivity contribution in [3.8, 4) is 0 Å². The third kappa shape index (κ3) is 3.62. The summed E-state index contributed by atoms with van der Waals surface area (Å²) in [6.07, 6.45) is 3.38. The van der Waals surface area contributed by atoms with E-state index in [2.05, 4.69) is 36.7 Å². The normalized spacial score (nSPS) is 17.9. The van der Waals surface area contributed by atoms with Gasteiger partial charge in [-0.3, -0.25) is 14.5 Å². The summed E-state index contributed by atoms with van der Waals surface area (Å²) in [5, 5.41) is 8.54. The Morgan fingerprint density at radius 1 is 1.11 bits per heavy atom. The largest absolute Gasteiger partial charge is 0.299 e. The lowest BCUT2D eigenvalue weighted by atomic mass is 10.2. The molecule has 0 unspecified atom stereocenters. The molecule has 1 saturated heterocycles. The van der Waals surface area contributed by atoms with Gasteiger partial charge in [0.05, 0.1) is 6.54 Å². The fourth-order valence-corrected chi connectivity index (χ4v) is 3.06. The second-order valence-electron chi connectivity index (χ2n) is 4.91. The SMILES string of the molecule is c1ncn(CCN2CCN(Cc3ccsc3)CC2)n1. The summed E-state index contributed by atoms with van der Waals surface area (Å²) in [6.45, 7) is 7.72. The number of thiophene rings is 1. The molecule has 0 aromatic carbocycles. The van der Waals surface area contributed by atoms with Crippen LogP contribution in [0.5, 0.6) is 0 Å². The van der Waals surface area contributed by atoms with E-state index in [-0.39, 0.29) is 0 Å². The smallest absolute Gasteiger partial charge is 0.137 e. The summed E-state index contributed by atoms with van der Waals surface area (Å²) in [7, 11) is 0. The zero-order valence-electron chi connectivity index (χ0n) is 11.0. The zero-order chi connectivity index (χ0) is 12.9. The molecular formula is C13H19N5S. The second-order valence-corrected chi connectivity index (χ2v) is 5.69. The fraction of sp³-hybridized carbons (Fsp3) is 0.538. The predicted molar refractivity (Wildman–Crippen MR) is 76.1 cm³/mol. The van der Waals surface area contributed by atoms with Gasteiger partial charge in [0.2, 0.25) is 0 Å². The maximum Gasteiger partial charge on any atom is 0.137 e. The molecular weight excluding hydrogens is 258 g/mol. The highest BCUT2D eigenvalue weighted by Gasteiger charge is 2.16. The molecule has 1 aliphatic rings. The van der Waals surface area contributed by atoms with Crippen LogP contribution in [0.2, 0.25) is 0 Å². The van der Waals surface area contributed by atoms with E-state index < -0.39 is 0 Å². The molecule has 1 aliphatic heterocycles. The summed E-state index contributed by atoms with van der Waals surface area (Å²) in [4.78, 5) is 9.01. The molecule has 3 rings (SSSR count). The summed E-state index contributed by atoms with van der Waals surface area (Å²) in [5.41, 5.74) is 1.45. The maximum absolute atomic E-state index is 4.14. The van der Waals surface area contributed by atoms with Gasteiger partial charge >= 0.3 is 0 Å². The van der Waals surface area contributed by atoms with Crippen molar-refractivity contribution in [1.82, 2.24) is 24.6 Å². The van der Waals surface area contributed by atoms with Crippen LogP contribution in [0.15, 0.2) is 29.5 Å². The molecule has 0 atom stereocenters. The third-order valence-electron chi connectivity index (χ3n) is 3.56. The molecule has 6 heteroatoms. The van der Waals surface area contributed by atoms with Crippen molar-refractivity contribution >= 4 is 11.3 Å². The highest BCUT2D eigenvalue weighted by atomic mass is 32.1. The van der Waals surface area contributed by atoms with Crippen LogP contribution in [0.1, 0.15) is 5.56 Å². The Labute approximate surface area is 117 Å². The van der Waals surface area contributed by atoms with E-state index in [1.165, 1.54) is 5.56 Å². The first-order valence-corrected chi connectivity index (χ1v) is 7.62. The second kappa shape index (κ2) is 6.27. The first kappa shape index (κ1) is 12.8. The summed E-state index contributed by atoms with van der Waals surface area (Å²) < 4.78 is 1.90. The Morgan fingerprint density at radius 2 is 1.95 bits per heavy atom. The van der Waals surface area contributed by atoms with Crippen LogP contribution in [-0.4, -0.2) is 57.3 Å². The number of hydrogen-bond acceptors (Lipinski definition) is 5. The average molecular weight is 277 g/mol. The van der Waals surface area contributed by atoms with E-state index in [0.717, 1.165) is 45.8 Å². The van der Waals surface area contributed by atoms with Crippen molar-refractivity contribution in [2.45, 2.75) is 13.1 Å². The lowest BCUT2D eigenvalue weighted by molar-refractivity contribution is 0.123. The third-order valence-corrected chi connectivity index (χ3v) is 4.30. The van der Waals surface area contributed by atoms with Crippen LogP contribution in [-0.2, 0) is 13.1 Å². The van der Waals surface area contributed by atoms with Gasteiger partial charge in [0.1, 0.15) is 12.7 Å². The van der Waals surface area contributed by atoms with Gasteiger partial charge < -0.3 is 0 Å². The Bertz CT molecular complexity index is 459. The molecule has 102 valence electrons. The number of aromatic nitrogens is 3. The van der Waals surface area contributed by atoms with Crippen LogP contribution >= 0.6 is 11.3 Å². The molecule has 2 aromatic heterocycles. The lowest BCUT2D eigenvalue weighted by Crippen LogP contribution is -2.46. The molecule has 0 saturated carbocycles. The van der Waals surface area contributed by atoms with E-state index in [4.69, 9.17) is 0 Å². The minimum absolute atomic E-state index is 0.935. The van der Waals surface area contributed by atoms with Crippen LogP contribution in [0.25, 0.3) is 0 Å². The van der Waals surface area contributed by atoms with Gasteiger partial charge in [-0.1, -0.05) is 0 Å². The van der Waals surface area contributed by atoms with E-state index >= 15 is 0 Å². The summed E-state index contributed by atoms with van der Waals surface area (Å²) >= 11 is 1.78. The number of nitrogens with zero attached hydrogens (tertiary/aromatic N) is 5. The van der Waals surface area contributed by atoms with Crippen molar-refractivity contribution in [2.24, 2.45) is 0 Å². The first-order chi connectivity index (χ1) is 9.40. The van der Waals surface area contributed by atoms with Crippen LogP contribution in [0, 0.1) is 0 Å². The van der Waals surface area contributed by atoms with E-state index in [9.17, 15) is 0 Å². The van der Waals surface area contributed by atoms with Crippen molar-refractivity contribution < 1.29 is 0 Å². The Morgan fingerprint density at radius 3 is 2.63 bits per heavy atom. The summed E-state index contributed by atoms with van der Waals surface area (Å²) in [5.74, 6) is 0. The maximum atomic E-state index is 4.14. The average Bonchev–Trinajstić information content (AvgIpc) is 3.11. The molecule has 0 bridgehead atoms. The van der Waals surface area contributed by atoms with Crippen molar-refractivity contribution in [1.29, 1.82) is 0 Å². The molecule has 0 aliphatic carbocycles. The van der Waals surface area contributed by atoms with E-state index in [1.807, 2.05) is 4.68 Å². The molecule has 5 nitrogen and oxygen atoms in total. The standard InChI is InChI=1S/C13H19N5S/c1-8-19-10-13(1)9-17-4-2-16(3-5-17)6-7-18-12-14-11-15-18/h1,8,10-12H,2-7,9H2. The van der Waals surface area contributed by atoms with Crippen LogP contribution in [0.4, 0.5) is 0 Å². The Hall–Kier alpha value is -1.24. The molecule has 1 fully saturated rings. The van der Waals surface area contributed by atoms with Gasteiger partial charge in [-0.15, -0.1) is 0 Å². The highest BCUT2D eigenvalue weighted by molar-refractivity contribution is 7.07. The van der Waals surface area contributed by atoms with Crippen molar-refractivity contribution in [3.05, 3.63) is 35.0 Å². The molecule has 3 heterocycles. The molecule has 0 N–H and O–H groups in total. The number of rotatable bonds is 5. The fourth-order valence-electron chi connectivity index (χ4n) is 2.40.